The van der Waals surface area contributed by atoms with Gasteiger partial charge in [-0.15, -0.1) is 0 Å². The number of carboxylic acid groups (broad SMARTS) is 1. The fourth-order valence-electron chi connectivity index (χ4n) is 4.01. The Morgan fingerprint density at radius 1 is 0.971 bits per heavy atom. The van der Waals surface area contributed by atoms with E-state index in [-0.39, 0.29) is 18.9 Å². The summed E-state index contributed by atoms with van der Waals surface area (Å²) < 4.78 is 9.99. The fourth-order valence-corrected chi connectivity index (χ4v) is 4.48. The molecular weight excluding hydrogens is 472 g/mol. The third-order valence-corrected chi connectivity index (χ3v) is 6.42. The largest absolute Gasteiger partial charge is 0.480 e. The van der Waals surface area contributed by atoms with Gasteiger partial charge in [0, 0.05) is 5.92 Å². The van der Waals surface area contributed by atoms with Crippen molar-refractivity contribution in [3.05, 3.63) is 59.7 Å². The summed E-state index contributed by atoms with van der Waals surface area (Å²) >= 11 is 1.47. The summed E-state index contributed by atoms with van der Waals surface area (Å²) in [5.74, 6) is -2.47. The molecule has 0 radical (unpaired) electrons. The van der Waals surface area contributed by atoms with Gasteiger partial charge in [0.1, 0.15) is 18.7 Å². The lowest BCUT2D eigenvalue weighted by molar-refractivity contribution is -0.148. The van der Waals surface area contributed by atoms with Crippen molar-refractivity contribution in [1.82, 2.24) is 10.6 Å². The van der Waals surface area contributed by atoms with Gasteiger partial charge in [-0.2, -0.15) is 11.8 Å². The van der Waals surface area contributed by atoms with Gasteiger partial charge in [0.15, 0.2) is 0 Å². The molecule has 3 rings (SSSR count). The number of alkyl carbamates (subject to hydrolysis) is 1. The minimum absolute atomic E-state index is 0.0802. The van der Waals surface area contributed by atoms with Gasteiger partial charge in [0.2, 0.25) is 5.91 Å². The first-order chi connectivity index (χ1) is 16.8. The zero-order valence-electron chi connectivity index (χ0n) is 19.5. The second-order valence-electron chi connectivity index (χ2n) is 7.98. The molecule has 3 N–H and O–H groups in total. The number of hydrogen-bond acceptors (Lipinski definition) is 7. The Labute approximate surface area is 207 Å². The molecule has 10 heteroatoms. The highest BCUT2D eigenvalue weighted by molar-refractivity contribution is 7.98. The zero-order valence-corrected chi connectivity index (χ0v) is 20.3. The van der Waals surface area contributed by atoms with Crippen LogP contribution in [0.15, 0.2) is 48.5 Å². The van der Waals surface area contributed by atoms with E-state index in [0.717, 1.165) is 29.4 Å². The van der Waals surface area contributed by atoms with Crippen LogP contribution in [-0.4, -0.2) is 66.9 Å². The predicted octanol–water partition coefficient (Wildman–Crippen LogP) is 2.78. The molecule has 0 aromatic heterocycles. The van der Waals surface area contributed by atoms with E-state index in [1.807, 2.05) is 54.8 Å². The lowest BCUT2D eigenvalue weighted by Crippen LogP contribution is -2.52. The van der Waals surface area contributed by atoms with Crippen molar-refractivity contribution in [2.45, 2.75) is 30.8 Å². The monoisotopic (exact) mass is 500 g/mol. The van der Waals surface area contributed by atoms with Gasteiger partial charge in [-0.1, -0.05) is 48.5 Å². The standard InChI is InChI=1S/C25H28N2O7S/c1-33-22(28)13-21(24(30)31)26-23(29)20(11-12-35-2)27-25(32)34-14-19-17-9-5-3-7-15(17)16-8-4-6-10-18(16)19/h3-10,19-21H,11-14H2,1-2H3,(H,26,29)(H,27,32)(H,30,31)/t20-,21-/m0/s1. The van der Waals surface area contributed by atoms with E-state index in [2.05, 4.69) is 15.4 Å². The van der Waals surface area contributed by atoms with Crippen molar-refractivity contribution >= 4 is 35.7 Å². The van der Waals surface area contributed by atoms with Crippen LogP contribution in [0.3, 0.4) is 0 Å². The number of hydrogen-bond donors (Lipinski definition) is 3. The molecule has 2 atom stereocenters. The smallest absolute Gasteiger partial charge is 0.407 e. The van der Waals surface area contributed by atoms with Crippen molar-refractivity contribution in [2.75, 3.05) is 25.7 Å². The fraction of sp³-hybridized carbons (Fsp3) is 0.360. The number of fused-ring (bicyclic) bond motifs is 3. The molecule has 35 heavy (non-hydrogen) atoms. The third kappa shape index (κ3) is 6.54. The summed E-state index contributed by atoms with van der Waals surface area (Å²) in [5, 5.41) is 14.2. The van der Waals surface area contributed by atoms with E-state index in [4.69, 9.17) is 4.74 Å². The number of rotatable bonds is 11. The van der Waals surface area contributed by atoms with Crippen molar-refractivity contribution in [1.29, 1.82) is 0 Å². The SMILES string of the molecule is COC(=O)C[C@H](NC(=O)[C@H](CCSC)NC(=O)OCC1c2ccccc2-c2ccccc21)C(=O)O. The van der Waals surface area contributed by atoms with Crippen LogP contribution in [0.25, 0.3) is 11.1 Å². The highest BCUT2D eigenvalue weighted by Crippen LogP contribution is 2.44. The Bertz CT molecular complexity index is 1050. The van der Waals surface area contributed by atoms with E-state index in [0.29, 0.717) is 5.75 Å². The highest BCUT2D eigenvalue weighted by Gasteiger charge is 2.31. The summed E-state index contributed by atoms with van der Waals surface area (Å²) in [6.45, 7) is 0.0802. The molecule has 0 saturated heterocycles. The number of thioether (sulfide) groups is 1. The van der Waals surface area contributed by atoms with Gasteiger partial charge in [-0.05, 0) is 40.7 Å². The molecule has 0 aliphatic heterocycles. The van der Waals surface area contributed by atoms with Crippen LogP contribution in [0.4, 0.5) is 4.79 Å². The van der Waals surface area contributed by atoms with Gasteiger partial charge in [0.05, 0.1) is 13.5 Å². The van der Waals surface area contributed by atoms with Gasteiger partial charge in [-0.3, -0.25) is 9.59 Å². The van der Waals surface area contributed by atoms with Crippen LogP contribution in [0.2, 0.25) is 0 Å². The number of carbonyl (C=O) groups excluding carboxylic acids is 3. The number of aliphatic carboxylic acids is 1. The van der Waals surface area contributed by atoms with E-state index in [9.17, 15) is 24.3 Å². The Morgan fingerprint density at radius 2 is 1.57 bits per heavy atom. The maximum Gasteiger partial charge on any atom is 0.407 e. The van der Waals surface area contributed by atoms with Gasteiger partial charge >= 0.3 is 18.0 Å². The van der Waals surface area contributed by atoms with Crippen molar-refractivity contribution in [3.63, 3.8) is 0 Å². The van der Waals surface area contributed by atoms with Crippen LogP contribution in [-0.2, 0) is 23.9 Å². The number of amides is 2. The summed E-state index contributed by atoms with van der Waals surface area (Å²) in [7, 11) is 1.13. The Kier molecular flexibility index (Phi) is 9.13. The average molecular weight is 501 g/mol. The molecule has 0 heterocycles. The lowest BCUT2D eigenvalue weighted by atomic mass is 9.98. The summed E-state index contributed by atoms with van der Waals surface area (Å²) in [4.78, 5) is 48.3. The minimum Gasteiger partial charge on any atom is -0.480 e. The molecule has 0 unspecified atom stereocenters. The summed E-state index contributed by atoms with van der Waals surface area (Å²) in [6, 6.07) is 13.4. The molecule has 9 nitrogen and oxygen atoms in total. The highest BCUT2D eigenvalue weighted by atomic mass is 32.2. The number of esters is 1. The van der Waals surface area contributed by atoms with E-state index >= 15 is 0 Å². The van der Waals surface area contributed by atoms with Crippen LogP contribution in [0.5, 0.6) is 0 Å². The van der Waals surface area contributed by atoms with Gasteiger partial charge in [-0.25, -0.2) is 9.59 Å². The Hall–Kier alpha value is -3.53. The first kappa shape index (κ1) is 26.1. The van der Waals surface area contributed by atoms with Crippen LogP contribution >= 0.6 is 11.8 Å². The molecule has 0 saturated carbocycles. The number of carboxylic acids is 1. The predicted molar refractivity (Wildman–Crippen MR) is 131 cm³/mol. The molecular formula is C25H28N2O7S. The zero-order chi connectivity index (χ0) is 25.4. The maximum absolute atomic E-state index is 12.8. The van der Waals surface area contributed by atoms with E-state index < -0.39 is 42.4 Å². The summed E-state index contributed by atoms with van der Waals surface area (Å²) in [6.07, 6.45) is 0.784. The molecule has 2 aromatic rings. The Morgan fingerprint density at radius 3 is 2.11 bits per heavy atom. The number of benzene rings is 2. The maximum atomic E-state index is 12.8. The second kappa shape index (κ2) is 12.3. The normalized spacial score (nSPS) is 13.7. The van der Waals surface area contributed by atoms with Crippen LogP contribution in [0.1, 0.15) is 29.9 Å². The summed E-state index contributed by atoms with van der Waals surface area (Å²) in [5.41, 5.74) is 4.31. The molecule has 186 valence electrons. The molecule has 0 fully saturated rings. The van der Waals surface area contributed by atoms with Crippen LogP contribution in [0, 0.1) is 0 Å². The average Bonchev–Trinajstić information content (AvgIpc) is 3.18. The molecule has 1 aliphatic carbocycles. The number of ether oxygens (including phenoxy) is 2. The van der Waals surface area contributed by atoms with Crippen molar-refractivity contribution in [3.8, 4) is 11.1 Å². The second-order valence-corrected chi connectivity index (χ2v) is 8.97. The van der Waals surface area contributed by atoms with E-state index in [1.54, 1.807) is 0 Å². The number of carbonyl (C=O) groups is 4. The molecule has 0 spiro atoms. The van der Waals surface area contributed by atoms with Gasteiger partial charge in [0.25, 0.3) is 0 Å². The topological polar surface area (TPSA) is 131 Å². The molecule has 2 aromatic carbocycles. The lowest BCUT2D eigenvalue weighted by Gasteiger charge is -2.21. The number of methoxy groups -OCH3 is 1. The van der Waals surface area contributed by atoms with Crippen molar-refractivity contribution in [2.24, 2.45) is 0 Å². The van der Waals surface area contributed by atoms with Crippen LogP contribution < -0.4 is 10.6 Å². The Balaban J connectivity index is 1.65. The first-order valence-corrected chi connectivity index (χ1v) is 12.5. The minimum atomic E-state index is -1.48. The third-order valence-electron chi connectivity index (χ3n) is 5.78. The van der Waals surface area contributed by atoms with Crippen molar-refractivity contribution < 1.29 is 33.8 Å². The number of nitrogens with one attached hydrogen (secondary N) is 2. The van der Waals surface area contributed by atoms with E-state index in [1.165, 1.54) is 11.8 Å². The van der Waals surface area contributed by atoms with Gasteiger partial charge < -0.3 is 25.2 Å². The molecule has 2 amide bonds. The molecule has 1 aliphatic rings. The molecule has 0 bridgehead atoms. The first-order valence-electron chi connectivity index (χ1n) is 11.1. The quantitative estimate of drug-likeness (QED) is 0.402.